The average Bonchev–Trinajstić information content (AvgIpc) is 3.47. The number of ether oxygens (including phenoxy) is 1. The summed E-state index contributed by atoms with van der Waals surface area (Å²) < 4.78 is 39.6. The Morgan fingerprint density at radius 3 is 2.63 bits per heavy atom. The molecule has 5 nitrogen and oxygen atoms in total. The third kappa shape index (κ3) is 3.54. The zero-order valence-electron chi connectivity index (χ0n) is 16.4. The summed E-state index contributed by atoms with van der Waals surface area (Å²) in [5, 5.41) is 0.856. The highest BCUT2D eigenvalue weighted by Crippen LogP contribution is 2.42. The van der Waals surface area contributed by atoms with Crippen molar-refractivity contribution in [1.82, 2.24) is 15.0 Å². The highest BCUT2D eigenvalue weighted by molar-refractivity contribution is 5.60. The SMILES string of the molecule is C=c1nc([C@H]2CCO[C@@H](c3cnc(C4CC4)o3)C2)nc(-c2ccc(F)cc2F)c1=C. The third-order valence-corrected chi connectivity index (χ3v) is 5.73. The smallest absolute Gasteiger partial charge is 0.197 e. The maximum absolute atomic E-state index is 14.4. The fraction of sp³-hybridized carbons (Fsp3) is 0.348. The van der Waals surface area contributed by atoms with Crippen LogP contribution in [0, 0.1) is 11.6 Å². The first-order valence-corrected chi connectivity index (χ1v) is 10.1. The van der Waals surface area contributed by atoms with Crippen molar-refractivity contribution in [2.24, 2.45) is 0 Å². The molecule has 1 aliphatic heterocycles. The van der Waals surface area contributed by atoms with Gasteiger partial charge in [0, 0.05) is 35.3 Å². The Morgan fingerprint density at radius 2 is 1.87 bits per heavy atom. The van der Waals surface area contributed by atoms with Crippen LogP contribution in [-0.2, 0) is 4.74 Å². The van der Waals surface area contributed by atoms with Crippen LogP contribution in [-0.4, -0.2) is 21.6 Å². The molecule has 5 rings (SSSR count). The lowest BCUT2D eigenvalue weighted by Gasteiger charge is -2.27. The minimum Gasteiger partial charge on any atom is -0.443 e. The highest BCUT2D eigenvalue weighted by atomic mass is 19.1. The van der Waals surface area contributed by atoms with Crippen molar-refractivity contribution in [2.75, 3.05) is 6.61 Å². The second kappa shape index (κ2) is 7.40. The van der Waals surface area contributed by atoms with Gasteiger partial charge in [0.1, 0.15) is 23.6 Å². The molecule has 1 saturated carbocycles. The monoisotopic (exact) mass is 409 g/mol. The molecule has 2 fully saturated rings. The molecule has 1 aliphatic carbocycles. The number of benzene rings is 1. The molecule has 30 heavy (non-hydrogen) atoms. The normalized spacial score (nSPS) is 21.7. The van der Waals surface area contributed by atoms with Crippen LogP contribution in [0.2, 0.25) is 0 Å². The molecule has 0 radical (unpaired) electrons. The number of hydrogen-bond acceptors (Lipinski definition) is 5. The minimum absolute atomic E-state index is 0.0124. The van der Waals surface area contributed by atoms with E-state index in [0.717, 1.165) is 37.0 Å². The van der Waals surface area contributed by atoms with Crippen LogP contribution in [0.3, 0.4) is 0 Å². The average molecular weight is 409 g/mol. The molecule has 0 unspecified atom stereocenters. The molecular weight excluding hydrogens is 388 g/mol. The standard InChI is InChI=1S/C23H21F2N3O2/c1-12-13(2)27-22(28-21(12)17-6-5-16(24)10-18(17)25)15-7-8-29-19(9-15)20-11-26-23(30-20)14-3-4-14/h5-6,10-11,14-15,19H,1-4,7-9H2/t15-,19+/m0/s1. The van der Waals surface area contributed by atoms with E-state index in [1.807, 2.05) is 0 Å². The van der Waals surface area contributed by atoms with Gasteiger partial charge in [-0.3, -0.25) is 0 Å². The van der Waals surface area contributed by atoms with Crippen LogP contribution in [0.1, 0.15) is 61.1 Å². The van der Waals surface area contributed by atoms with Gasteiger partial charge < -0.3 is 9.15 Å². The Labute approximate surface area is 172 Å². The zero-order chi connectivity index (χ0) is 20.8. The van der Waals surface area contributed by atoms with E-state index in [2.05, 4.69) is 28.1 Å². The van der Waals surface area contributed by atoms with E-state index in [1.54, 1.807) is 6.20 Å². The third-order valence-electron chi connectivity index (χ3n) is 5.73. The molecule has 0 N–H and O–H groups in total. The summed E-state index contributed by atoms with van der Waals surface area (Å²) in [5.74, 6) is 1.15. The topological polar surface area (TPSA) is 61.0 Å². The van der Waals surface area contributed by atoms with E-state index in [1.165, 1.54) is 12.1 Å². The Balaban J connectivity index is 1.46. The van der Waals surface area contributed by atoms with Gasteiger partial charge in [0.15, 0.2) is 11.7 Å². The van der Waals surface area contributed by atoms with Crippen LogP contribution in [0.25, 0.3) is 24.4 Å². The van der Waals surface area contributed by atoms with Crippen molar-refractivity contribution in [2.45, 2.75) is 43.6 Å². The van der Waals surface area contributed by atoms with Crippen molar-refractivity contribution >= 4 is 13.2 Å². The molecule has 3 aromatic rings. The van der Waals surface area contributed by atoms with Crippen LogP contribution >= 0.6 is 0 Å². The van der Waals surface area contributed by atoms with E-state index >= 15 is 0 Å². The molecule has 0 bridgehead atoms. The molecular formula is C23H21F2N3O2. The van der Waals surface area contributed by atoms with Crippen molar-refractivity contribution in [3.05, 3.63) is 64.1 Å². The fourth-order valence-corrected chi connectivity index (χ4v) is 3.83. The fourth-order valence-electron chi connectivity index (χ4n) is 3.83. The van der Waals surface area contributed by atoms with E-state index in [-0.39, 0.29) is 17.6 Å². The molecule has 7 heteroatoms. The van der Waals surface area contributed by atoms with Gasteiger partial charge in [0.2, 0.25) is 0 Å². The number of nitrogens with zero attached hydrogens (tertiary/aromatic N) is 3. The number of halogens is 2. The van der Waals surface area contributed by atoms with Gasteiger partial charge >= 0.3 is 0 Å². The highest BCUT2D eigenvalue weighted by Gasteiger charge is 2.33. The quantitative estimate of drug-likeness (QED) is 0.657. The van der Waals surface area contributed by atoms with Gasteiger partial charge in [-0.25, -0.2) is 23.7 Å². The van der Waals surface area contributed by atoms with E-state index < -0.39 is 11.6 Å². The lowest BCUT2D eigenvalue weighted by atomic mass is 9.93. The molecule has 2 atom stereocenters. The van der Waals surface area contributed by atoms with E-state index in [9.17, 15) is 8.78 Å². The Morgan fingerprint density at radius 1 is 1.03 bits per heavy atom. The number of hydrogen-bond donors (Lipinski definition) is 0. The summed E-state index contributed by atoms with van der Waals surface area (Å²) in [6.07, 6.45) is 5.10. The summed E-state index contributed by atoms with van der Waals surface area (Å²) >= 11 is 0. The van der Waals surface area contributed by atoms with E-state index in [0.29, 0.717) is 41.0 Å². The first-order valence-electron chi connectivity index (χ1n) is 10.1. The Hall–Kier alpha value is -2.93. The first kappa shape index (κ1) is 19.1. The minimum atomic E-state index is -0.692. The Kier molecular flexibility index (Phi) is 4.70. The van der Waals surface area contributed by atoms with Crippen molar-refractivity contribution < 1.29 is 17.9 Å². The summed E-state index contributed by atoms with van der Waals surface area (Å²) in [6, 6.07) is 3.41. The van der Waals surface area contributed by atoms with Crippen molar-refractivity contribution in [3.8, 4) is 11.3 Å². The van der Waals surface area contributed by atoms with Crippen LogP contribution in [0.15, 0.2) is 28.8 Å². The first-order chi connectivity index (χ1) is 14.5. The summed E-state index contributed by atoms with van der Waals surface area (Å²) in [4.78, 5) is 13.5. The van der Waals surface area contributed by atoms with Gasteiger partial charge in [0.25, 0.3) is 0 Å². The van der Waals surface area contributed by atoms with Crippen molar-refractivity contribution in [3.63, 3.8) is 0 Å². The molecule has 154 valence electrons. The van der Waals surface area contributed by atoms with E-state index in [4.69, 9.17) is 9.15 Å². The molecule has 0 amide bonds. The molecule has 2 aliphatic rings. The number of aromatic nitrogens is 3. The van der Waals surface area contributed by atoms with Gasteiger partial charge in [-0.2, -0.15) is 0 Å². The lowest BCUT2D eigenvalue weighted by molar-refractivity contribution is -0.00903. The molecule has 3 heterocycles. The maximum atomic E-state index is 14.4. The van der Waals surface area contributed by atoms with Gasteiger partial charge in [-0.1, -0.05) is 13.2 Å². The van der Waals surface area contributed by atoms with Gasteiger partial charge in [-0.05, 0) is 37.8 Å². The predicted octanol–water partition coefficient (Wildman–Crippen LogP) is 3.74. The maximum Gasteiger partial charge on any atom is 0.197 e. The Bertz CT molecular complexity index is 1210. The molecule has 0 spiro atoms. The molecule has 1 aromatic carbocycles. The second-order valence-corrected chi connectivity index (χ2v) is 7.94. The zero-order valence-corrected chi connectivity index (χ0v) is 16.4. The van der Waals surface area contributed by atoms with Crippen molar-refractivity contribution in [1.29, 1.82) is 0 Å². The molecule has 1 saturated heterocycles. The largest absolute Gasteiger partial charge is 0.443 e. The van der Waals surface area contributed by atoms with Crippen LogP contribution in [0.4, 0.5) is 8.78 Å². The second-order valence-electron chi connectivity index (χ2n) is 7.94. The number of oxazole rings is 1. The van der Waals surface area contributed by atoms with Gasteiger partial charge in [0.05, 0.1) is 17.2 Å². The summed E-state index contributed by atoms with van der Waals surface area (Å²) in [6.45, 7) is 8.41. The predicted molar refractivity (Wildman–Crippen MR) is 107 cm³/mol. The summed E-state index contributed by atoms with van der Waals surface area (Å²) in [5.41, 5.74) is 0.518. The van der Waals surface area contributed by atoms with Gasteiger partial charge in [-0.15, -0.1) is 0 Å². The lowest BCUT2D eigenvalue weighted by Crippen LogP contribution is -2.32. The molecule has 2 aromatic heterocycles. The van der Waals surface area contributed by atoms with Crippen LogP contribution in [0.5, 0.6) is 0 Å². The summed E-state index contributed by atoms with van der Waals surface area (Å²) in [7, 11) is 0. The number of rotatable bonds is 4. The van der Waals surface area contributed by atoms with Crippen LogP contribution < -0.4 is 10.6 Å².